The number of carboxylic acid groups (broad SMARTS) is 1. The summed E-state index contributed by atoms with van der Waals surface area (Å²) in [5.74, 6) is -4.28. The Morgan fingerprint density at radius 2 is 1.68 bits per heavy atom. The normalized spacial score (nSPS) is 21.4. The Labute approximate surface area is 269 Å². The first kappa shape index (κ1) is 35.4. The van der Waals surface area contributed by atoms with E-state index >= 15 is 4.39 Å². The number of fused-ring (bicyclic) bond motifs is 2. The molecular formula is C33H34F4N2O7S. The third-order valence-electron chi connectivity index (χ3n) is 8.76. The van der Waals surface area contributed by atoms with Crippen LogP contribution in [0, 0.1) is 37.4 Å². The minimum Gasteiger partial charge on any atom is -0.496 e. The highest BCUT2D eigenvalue weighted by molar-refractivity contribution is 7.96. The van der Waals surface area contributed by atoms with Gasteiger partial charge in [0.1, 0.15) is 11.6 Å². The standard InChI is InChI=1S/C33H34F4N2O7S/c1-6-7-22(12-18(4)47(44,45)33(35,36)37)38-31(41)28-19-8-9-20(13-19)29(28)39-30(40)24-14-23(25(34)15-26(24)46-5)21-10-16(2)27(32(42)43)17(3)11-21/h6-7,10-12,14-15,19-20,28-29H,1,8-9,13H2,2-5H3,(H,38,41)(H,39,40)(H,42,43)/b18-12+,22-7+/t19-,20+,28+,29-/m1/s1. The van der Waals surface area contributed by atoms with E-state index in [9.17, 15) is 41.1 Å². The number of nitrogens with one attached hydrogen (secondary N) is 2. The highest BCUT2D eigenvalue weighted by Crippen LogP contribution is 2.49. The zero-order valence-corrected chi connectivity index (χ0v) is 26.8. The van der Waals surface area contributed by atoms with E-state index in [0.717, 1.165) is 19.1 Å². The topological polar surface area (TPSA) is 139 Å². The Kier molecular flexibility index (Phi) is 10.0. The van der Waals surface area contributed by atoms with Crippen molar-refractivity contribution >= 4 is 27.6 Å². The molecule has 4 atom stereocenters. The second-order valence-electron chi connectivity index (χ2n) is 11.7. The van der Waals surface area contributed by atoms with E-state index in [4.69, 9.17) is 4.74 Å². The minimum atomic E-state index is -5.64. The summed E-state index contributed by atoms with van der Waals surface area (Å²) < 4.78 is 83.5. The molecule has 2 bridgehead atoms. The highest BCUT2D eigenvalue weighted by atomic mass is 32.2. The Balaban J connectivity index is 1.64. The summed E-state index contributed by atoms with van der Waals surface area (Å²) in [7, 11) is -4.38. The third kappa shape index (κ3) is 6.97. The van der Waals surface area contributed by atoms with Gasteiger partial charge in [-0.25, -0.2) is 17.6 Å². The second kappa shape index (κ2) is 13.3. The summed E-state index contributed by atoms with van der Waals surface area (Å²) in [6.45, 7) is 7.40. The highest BCUT2D eigenvalue weighted by Gasteiger charge is 2.52. The number of aromatic carboxylic acids is 1. The SMILES string of the molecule is C=C/C=C(\C=C(/C)S(=O)(=O)C(F)(F)F)NC(=O)[C@H]1[C@@H]2CC[C@@H](C2)[C@H]1NC(=O)c1cc(-c2cc(C)c(C(=O)O)c(C)c2)c(F)cc1OC. The monoisotopic (exact) mass is 678 g/mol. The molecule has 0 unspecified atom stereocenters. The minimum absolute atomic E-state index is 0.0245. The summed E-state index contributed by atoms with van der Waals surface area (Å²) in [5, 5.41) is 14.9. The van der Waals surface area contributed by atoms with Gasteiger partial charge in [-0.15, -0.1) is 0 Å². The van der Waals surface area contributed by atoms with E-state index in [1.54, 1.807) is 13.8 Å². The molecule has 0 radical (unpaired) electrons. The van der Waals surface area contributed by atoms with Crippen molar-refractivity contribution in [1.82, 2.24) is 10.6 Å². The Morgan fingerprint density at radius 3 is 2.23 bits per heavy atom. The number of benzene rings is 2. The van der Waals surface area contributed by atoms with Gasteiger partial charge in [-0.3, -0.25) is 9.59 Å². The number of aryl methyl sites for hydroxylation is 2. The number of carboxylic acids is 1. The van der Waals surface area contributed by atoms with E-state index in [1.807, 2.05) is 0 Å². The van der Waals surface area contributed by atoms with Crippen molar-refractivity contribution in [2.75, 3.05) is 7.11 Å². The molecule has 14 heteroatoms. The van der Waals surface area contributed by atoms with Crippen LogP contribution in [0.5, 0.6) is 5.75 Å². The fraction of sp³-hybridized carbons (Fsp3) is 0.364. The summed E-state index contributed by atoms with van der Waals surface area (Å²) >= 11 is 0. The van der Waals surface area contributed by atoms with Crippen LogP contribution >= 0.6 is 0 Å². The molecule has 0 aliphatic heterocycles. The lowest BCUT2D eigenvalue weighted by Gasteiger charge is -2.31. The van der Waals surface area contributed by atoms with Gasteiger partial charge in [-0.05, 0) is 86.8 Å². The van der Waals surface area contributed by atoms with Crippen LogP contribution in [0.4, 0.5) is 17.6 Å². The van der Waals surface area contributed by atoms with Crippen molar-refractivity contribution in [2.45, 2.75) is 51.6 Å². The average Bonchev–Trinajstić information content (AvgIpc) is 3.57. The molecule has 47 heavy (non-hydrogen) atoms. The van der Waals surface area contributed by atoms with Crippen LogP contribution in [0.25, 0.3) is 11.1 Å². The number of sulfone groups is 1. The number of ether oxygens (including phenoxy) is 1. The second-order valence-corrected chi connectivity index (χ2v) is 13.8. The van der Waals surface area contributed by atoms with Gasteiger partial charge in [0.05, 0.1) is 29.1 Å². The first-order valence-corrected chi connectivity index (χ1v) is 16.1. The molecule has 0 spiro atoms. The summed E-state index contributed by atoms with van der Waals surface area (Å²) in [6.07, 6.45) is 5.00. The lowest BCUT2D eigenvalue weighted by molar-refractivity contribution is -0.126. The van der Waals surface area contributed by atoms with Gasteiger partial charge >= 0.3 is 11.5 Å². The molecule has 9 nitrogen and oxygen atoms in total. The maximum atomic E-state index is 15.3. The molecule has 2 fully saturated rings. The van der Waals surface area contributed by atoms with Crippen LogP contribution in [-0.4, -0.2) is 50.0 Å². The van der Waals surface area contributed by atoms with Gasteiger partial charge in [-0.1, -0.05) is 24.8 Å². The first-order chi connectivity index (χ1) is 21.9. The van der Waals surface area contributed by atoms with Crippen LogP contribution < -0.4 is 15.4 Å². The van der Waals surface area contributed by atoms with Crippen molar-refractivity contribution in [3.8, 4) is 16.9 Å². The van der Waals surface area contributed by atoms with Gasteiger partial charge in [-0.2, -0.15) is 13.2 Å². The predicted molar refractivity (Wildman–Crippen MR) is 166 cm³/mol. The zero-order valence-electron chi connectivity index (χ0n) is 26.0. The van der Waals surface area contributed by atoms with Crippen LogP contribution in [0.1, 0.15) is 58.0 Å². The van der Waals surface area contributed by atoms with Crippen molar-refractivity contribution in [3.63, 3.8) is 0 Å². The molecule has 0 saturated heterocycles. The van der Waals surface area contributed by atoms with Gasteiger partial charge in [0.2, 0.25) is 5.91 Å². The maximum absolute atomic E-state index is 15.3. The van der Waals surface area contributed by atoms with Crippen LogP contribution in [0.3, 0.4) is 0 Å². The number of carbonyl (C=O) groups is 3. The van der Waals surface area contributed by atoms with Crippen molar-refractivity contribution in [2.24, 2.45) is 17.8 Å². The van der Waals surface area contributed by atoms with Crippen molar-refractivity contribution in [3.05, 3.63) is 87.7 Å². The molecule has 4 rings (SSSR count). The number of allylic oxidation sites excluding steroid dienone is 4. The Hall–Kier alpha value is -4.46. The van der Waals surface area contributed by atoms with E-state index in [-0.39, 0.29) is 40.0 Å². The molecule has 2 aliphatic rings. The van der Waals surface area contributed by atoms with Crippen molar-refractivity contribution in [1.29, 1.82) is 0 Å². The molecule has 2 aromatic carbocycles. The van der Waals surface area contributed by atoms with Crippen LogP contribution in [0.15, 0.2) is 59.7 Å². The largest absolute Gasteiger partial charge is 0.501 e. The Morgan fingerprint density at radius 1 is 1.06 bits per heavy atom. The lowest BCUT2D eigenvalue weighted by Crippen LogP contribution is -2.49. The summed E-state index contributed by atoms with van der Waals surface area (Å²) in [6, 6.07) is 4.64. The summed E-state index contributed by atoms with van der Waals surface area (Å²) in [5.41, 5.74) is -4.55. The van der Waals surface area contributed by atoms with E-state index in [2.05, 4.69) is 17.2 Å². The van der Waals surface area contributed by atoms with Gasteiger partial charge < -0.3 is 20.5 Å². The van der Waals surface area contributed by atoms with E-state index in [0.29, 0.717) is 42.0 Å². The molecule has 0 aromatic heterocycles. The molecule has 3 N–H and O–H groups in total. The number of rotatable bonds is 10. The maximum Gasteiger partial charge on any atom is 0.501 e. The number of amides is 2. The van der Waals surface area contributed by atoms with Gasteiger partial charge in [0.25, 0.3) is 15.7 Å². The van der Waals surface area contributed by atoms with Gasteiger partial charge in [0, 0.05) is 23.4 Å². The van der Waals surface area contributed by atoms with E-state index < -0.39 is 55.8 Å². The smallest absolute Gasteiger partial charge is 0.496 e. The number of halogens is 4. The first-order valence-electron chi connectivity index (χ1n) is 14.6. The molecule has 2 aliphatic carbocycles. The number of hydrogen-bond donors (Lipinski definition) is 3. The van der Waals surface area contributed by atoms with Crippen molar-refractivity contribution < 1.29 is 50.2 Å². The molecule has 2 saturated carbocycles. The van der Waals surface area contributed by atoms with E-state index in [1.165, 1.54) is 31.4 Å². The number of methoxy groups -OCH3 is 1. The van der Waals surface area contributed by atoms with Crippen LogP contribution in [0.2, 0.25) is 0 Å². The fourth-order valence-electron chi connectivity index (χ4n) is 6.64. The summed E-state index contributed by atoms with van der Waals surface area (Å²) in [4.78, 5) is 37.9. The number of alkyl halides is 3. The molecule has 252 valence electrons. The average molecular weight is 679 g/mol. The lowest BCUT2D eigenvalue weighted by atomic mass is 9.83. The Bertz CT molecular complexity index is 1790. The molecule has 2 aromatic rings. The zero-order chi connectivity index (χ0) is 35.0. The number of hydrogen-bond acceptors (Lipinski definition) is 6. The molecular weight excluding hydrogens is 644 g/mol. The molecule has 2 amide bonds. The quantitative estimate of drug-likeness (QED) is 0.208. The third-order valence-corrected chi connectivity index (χ3v) is 10.3. The fourth-order valence-corrected chi connectivity index (χ4v) is 7.29. The predicted octanol–water partition coefficient (Wildman–Crippen LogP) is 5.99. The number of carbonyl (C=O) groups excluding carboxylic acids is 2. The van der Waals surface area contributed by atoms with Gasteiger partial charge in [0.15, 0.2) is 0 Å². The molecule has 0 heterocycles. The van der Waals surface area contributed by atoms with Crippen LogP contribution in [-0.2, 0) is 14.6 Å².